The molecule has 0 fully saturated rings. The van der Waals surface area contributed by atoms with Crippen molar-refractivity contribution in [3.8, 4) is 5.75 Å². The standard InChI is InChI=1S/C11H9F3N2O2/c1-15-10(17)9-5-6-4-7(18-11(12,13)14)2-3-8(6)16-9/h2-5,16H,1H3,(H,15,17). The summed E-state index contributed by atoms with van der Waals surface area (Å²) in [5.41, 5.74) is 0.833. The number of alkyl halides is 3. The summed E-state index contributed by atoms with van der Waals surface area (Å²) in [5, 5.41) is 2.88. The molecule has 1 heterocycles. The molecule has 4 nitrogen and oxygen atoms in total. The Hall–Kier alpha value is -2.18. The van der Waals surface area contributed by atoms with Crippen LogP contribution in [0.2, 0.25) is 0 Å². The molecule has 18 heavy (non-hydrogen) atoms. The van der Waals surface area contributed by atoms with E-state index in [1.54, 1.807) is 0 Å². The van der Waals surface area contributed by atoms with Gasteiger partial charge in [0.05, 0.1) is 0 Å². The maximum absolute atomic E-state index is 12.0. The lowest BCUT2D eigenvalue weighted by Gasteiger charge is -2.08. The van der Waals surface area contributed by atoms with E-state index in [4.69, 9.17) is 0 Å². The molecule has 1 aromatic carbocycles. The summed E-state index contributed by atoms with van der Waals surface area (Å²) >= 11 is 0. The fourth-order valence-corrected chi connectivity index (χ4v) is 1.56. The van der Waals surface area contributed by atoms with Gasteiger partial charge >= 0.3 is 6.36 Å². The van der Waals surface area contributed by atoms with Crippen molar-refractivity contribution in [1.29, 1.82) is 0 Å². The van der Waals surface area contributed by atoms with E-state index in [-0.39, 0.29) is 17.4 Å². The number of H-pyrrole nitrogens is 1. The second-order valence-electron chi connectivity index (χ2n) is 3.56. The third-order valence-electron chi connectivity index (χ3n) is 2.30. The largest absolute Gasteiger partial charge is 0.573 e. The van der Waals surface area contributed by atoms with Gasteiger partial charge < -0.3 is 15.0 Å². The molecule has 0 aliphatic carbocycles. The lowest BCUT2D eigenvalue weighted by Crippen LogP contribution is -2.17. The molecule has 0 saturated heterocycles. The first-order valence-electron chi connectivity index (χ1n) is 4.99. The van der Waals surface area contributed by atoms with Crippen LogP contribution in [0.5, 0.6) is 5.75 Å². The number of carbonyl (C=O) groups excluding carboxylic acids is 1. The molecule has 0 spiro atoms. The Labute approximate surface area is 99.7 Å². The van der Waals surface area contributed by atoms with Crippen molar-refractivity contribution in [2.75, 3.05) is 7.05 Å². The van der Waals surface area contributed by atoms with Crippen LogP contribution in [-0.4, -0.2) is 24.3 Å². The van der Waals surface area contributed by atoms with Gasteiger partial charge in [-0.25, -0.2) is 0 Å². The molecule has 0 unspecified atom stereocenters. The van der Waals surface area contributed by atoms with Gasteiger partial charge in [0.25, 0.3) is 5.91 Å². The fraction of sp³-hybridized carbons (Fsp3) is 0.182. The van der Waals surface area contributed by atoms with Gasteiger partial charge in [-0.1, -0.05) is 0 Å². The van der Waals surface area contributed by atoms with Gasteiger partial charge in [-0.05, 0) is 24.3 Å². The summed E-state index contributed by atoms with van der Waals surface area (Å²) in [6.45, 7) is 0. The van der Waals surface area contributed by atoms with Crippen molar-refractivity contribution >= 4 is 16.8 Å². The van der Waals surface area contributed by atoms with Crippen LogP contribution >= 0.6 is 0 Å². The molecule has 0 aliphatic heterocycles. The number of nitrogens with one attached hydrogen (secondary N) is 2. The number of rotatable bonds is 2. The van der Waals surface area contributed by atoms with E-state index in [1.165, 1.54) is 31.3 Å². The van der Waals surface area contributed by atoms with Crippen LogP contribution in [0.1, 0.15) is 10.5 Å². The summed E-state index contributed by atoms with van der Waals surface area (Å²) in [6.07, 6.45) is -4.73. The molecule has 2 N–H and O–H groups in total. The third-order valence-corrected chi connectivity index (χ3v) is 2.30. The van der Waals surface area contributed by atoms with Crippen molar-refractivity contribution in [3.63, 3.8) is 0 Å². The number of amides is 1. The lowest BCUT2D eigenvalue weighted by molar-refractivity contribution is -0.274. The maximum Gasteiger partial charge on any atom is 0.573 e. The molecule has 96 valence electrons. The molecular formula is C11H9F3N2O2. The minimum absolute atomic E-state index is 0.275. The molecule has 7 heteroatoms. The van der Waals surface area contributed by atoms with Crippen LogP contribution < -0.4 is 10.1 Å². The van der Waals surface area contributed by atoms with Crippen molar-refractivity contribution in [1.82, 2.24) is 10.3 Å². The lowest BCUT2D eigenvalue weighted by atomic mass is 10.2. The van der Waals surface area contributed by atoms with E-state index >= 15 is 0 Å². The average Bonchev–Trinajstić information content (AvgIpc) is 2.68. The van der Waals surface area contributed by atoms with Crippen LogP contribution in [0, 0.1) is 0 Å². The molecule has 0 saturated carbocycles. The van der Waals surface area contributed by atoms with E-state index in [0.717, 1.165) is 0 Å². The molecule has 0 atom stereocenters. The minimum atomic E-state index is -4.73. The molecular weight excluding hydrogens is 249 g/mol. The van der Waals surface area contributed by atoms with Gasteiger partial charge in [0.2, 0.25) is 0 Å². The Morgan fingerprint density at radius 1 is 1.33 bits per heavy atom. The van der Waals surface area contributed by atoms with E-state index < -0.39 is 6.36 Å². The van der Waals surface area contributed by atoms with Gasteiger partial charge in [-0.3, -0.25) is 4.79 Å². The normalized spacial score (nSPS) is 11.6. The zero-order valence-electron chi connectivity index (χ0n) is 9.26. The predicted octanol–water partition coefficient (Wildman–Crippen LogP) is 2.43. The number of carbonyl (C=O) groups is 1. The van der Waals surface area contributed by atoms with Crippen LogP contribution in [0.4, 0.5) is 13.2 Å². The van der Waals surface area contributed by atoms with E-state index in [9.17, 15) is 18.0 Å². The summed E-state index contributed by atoms with van der Waals surface area (Å²) in [7, 11) is 1.46. The zero-order chi connectivity index (χ0) is 13.3. The van der Waals surface area contributed by atoms with Gasteiger partial charge in [0, 0.05) is 18.0 Å². The second-order valence-corrected chi connectivity index (χ2v) is 3.56. The third kappa shape index (κ3) is 2.55. The van der Waals surface area contributed by atoms with Crippen LogP contribution in [-0.2, 0) is 0 Å². The highest BCUT2D eigenvalue weighted by atomic mass is 19.4. The van der Waals surface area contributed by atoms with Gasteiger partial charge in [0.15, 0.2) is 0 Å². The Bertz CT molecular complexity index is 589. The minimum Gasteiger partial charge on any atom is -0.406 e. The first kappa shape index (κ1) is 12.3. The topological polar surface area (TPSA) is 54.1 Å². The van der Waals surface area contributed by atoms with Gasteiger partial charge in [-0.2, -0.15) is 0 Å². The Morgan fingerprint density at radius 3 is 2.67 bits per heavy atom. The van der Waals surface area contributed by atoms with E-state index in [0.29, 0.717) is 10.9 Å². The number of benzene rings is 1. The Morgan fingerprint density at radius 2 is 2.06 bits per heavy atom. The SMILES string of the molecule is CNC(=O)c1cc2cc(OC(F)(F)F)ccc2[nH]1. The molecule has 1 aromatic heterocycles. The number of fused-ring (bicyclic) bond motifs is 1. The number of aromatic nitrogens is 1. The van der Waals surface area contributed by atoms with Crippen LogP contribution in [0.3, 0.4) is 0 Å². The maximum atomic E-state index is 12.0. The number of aromatic amines is 1. The summed E-state index contributed by atoms with van der Waals surface area (Å²) in [5.74, 6) is -0.665. The fourth-order valence-electron chi connectivity index (χ4n) is 1.56. The molecule has 0 bridgehead atoms. The number of hydrogen-bond donors (Lipinski definition) is 2. The Kier molecular flexibility index (Phi) is 2.90. The van der Waals surface area contributed by atoms with E-state index in [2.05, 4.69) is 15.0 Å². The second kappa shape index (κ2) is 4.25. The first-order chi connectivity index (χ1) is 8.39. The van der Waals surface area contributed by atoms with E-state index in [1.807, 2.05) is 0 Å². The predicted molar refractivity (Wildman–Crippen MR) is 58.4 cm³/mol. The average molecular weight is 258 g/mol. The Balaban J connectivity index is 2.37. The van der Waals surface area contributed by atoms with Crippen LogP contribution in [0.15, 0.2) is 24.3 Å². The number of halogens is 3. The zero-order valence-corrected chi connectivity index (χ0v) is 9.26. The molecule has 2 rings (SSSR count). The summed E-state index contributed by atoms with van der Waals surface area (Å²) < 4.78 is 39.9. The summed E-state index contributed by atoms with van der Waals surface area (Å²) in [6, 6.07) is 5.27. The number of hydrogen-bond acceptors (Lipinski definition) is 2. The highest BCUT2D eigenvalue weighted by Gasteiger charge is 2.31. The summed E-state index contributed by atoms with van der Waals surface area (Å²) in [4.78, 5) is 14.1. The highest BCUT2D eigenvalue weighted by molar-refractivity contribution is 5.98. The highest BCUT2D eigenvalue weighted by Crippen LogP contribution is 2.26. The van der Waals surface area contributed by atoms with Gasteiger partial charge in [0.1, 0.15) is 11.4 Å². The molecule has 1 amide bonds. The van der Waals surface area contributed by atoms with Crippen molar-refractivity contribution in [2.24, 2.45) is 0 Å². The van der Waals surface area contributed by atoms with Crippen molar-refractivity contribution in [3.05, 3.63) is 30.0 Å². The number of ether oxygens (including phenoxy) is 1. The first-order valence-corrected chi connectivity index (χ1v) is 4.99. The van der Waals surface area contributed by atoms with Crippen molar-refractivity contribution < 1.29 is 22.7 Å². The van der Waals surface area contributed by atoms with Gasteiger partial charge in [-0.15, -0.1) is 13.2 Å². The smallest absolute Gasteiger partial charge is 0.406 e. The quantitative estimate of drug-likeness (QED) is 0.869. The molecule has 2 aromatic rings. The monoisotopic (exact) mass is 258 g/mol. The molecule has 0 radical (unpaired) electrons. The van der Waals surface area contributed by atoms with Crippen LogP contribution in [0.25, 0.3) is 10.9 Å². The molecule has 0 aliphatic rings. The van der Waals surface area contributed by atoms with Crippen molar-refractivity contribution in [2.45, 2.75) is 6.36 Å².